The van der Waals surface area contributed by atoms with Gasteiger partial charge in [-0.25, -0.2) is 8.78 Å². The first kappa shape index (κ1) is 18.6. The van der Waals surface area contributed by atoms with Crippen LogP contribution in [0, 0.1) is 12.3 Å². The number of hydrogen-bond acceptors (Lipinski definition) is 0. The summed E-state index contributed by atoms with van der Waals surface area (Å²) in [7, 11) is 0. The Morgan fingerprint density at radius 1 is 1.25 bits per heavy atom. The van der Waals surface area contributed by atoms with Gasteiger partial charge in [-0.1, -0.05) is 20.4 Å². The zero-order chi connectivity index (χ0) is 18.3. The molecule has 0 N–H and O–H groups in total. The normalized spacial score (nSPS) is 30.2. The number of nitrogens with zero attached hydrogens (tertiary/aromatic N) is 1. The average molecular weight is 332 g/mol. The van der Waals surface area contributed by atoms with Gasteiger partial charge in [0, 0.05) is 25.0 Å². The lowest BCUT2D eigenvalue weighted by Crippen LogP contribution is -2.67. The molecule has 1 aromatic heterocycles. The van der Waals surface area contributed by atoms with Crippen LogP contribution in [0.4, 0.5) is 8.78 Å². The van der Waals surface area contributed by atoms with Gasteiger partial charge in [-0.15, -0.1) is 0 Å². The highest BCUT2D eigenvalue weighted by Crippen LogP contribution is 2.54. The van der Waals surface area contributed by atoms with Crippen molar-refractivity contribution < 1.29 is 13.3 Å². The summed E-state index contributed by atoms with van der Waals surface area (Å²) in [4.78, 5) is 0. The van der Waals surface area contributed by atoms with Crippen LogP contribution >= 0.6 is 0 Å². The summed E-state index contributed by atoms with van der Waals surface area (Å²) < 4.78 is 30.7. The minimum atomic E-state index is -0.538. The second kappa shape index (κ2) is 6.27. The predicted octanol–water partition coefficient (Wildman–Crippen LogP) is 5.95. The van der Waals surface area contributed by atoms with Crippen LogP contribution in [0.3, 0.4) is 0 Å². The monoisotopic (exact) mass is 332 g/mol. The minimum absolute atomic E-state index is 0.288. The van der Waals surface area contributed by atoms with E-state index >= 15 is 0 Å². The molecule has 0 aromatic carbocycles. The molecule has 2 unspecified atom stereocenters. The number of fused-ring (bicyclic) bond motifs is 1. The van der Waals surface area contributed by atoms with Crippen molar-refractivity contribution in [1.29, 1.82) is 0 Å². The van der Waals surface area contributed by atoms with Crippen molar-refractivity contribution in [2.75, 3.05) is 0 Å². The van der Waals surface area contributed by atoms with E-state index in [1.54, 1.807) is 0 Å². The second-order valence-corrected chi connectivity index (χ2v) is 7.14. The molecule has 0 aliphatic carbocycles. The Balaban J connectivity index is 3.06. The van der Waals surface area contributed by atoms with Gasteiger partial charge < -0.3 is 0 Å². The Labute approximate surface area is 144 Å². The van der Waals surface area contributed by atoms with E-state index in [9.17, 15) is 8.78 Å². The highest BCUT2D eigenvalue weighted by Gasteiger charge is 2.58. The van der Waals surface area contributed by atoms with Crippen molar-refractivity contribution in [1.82, 2.24) is 0 Å². The van der Waals surface area contributed by atoms with E-state index in [1.807, 2.05) is 25.3 Å². The Bertz CT molecular complexity index is 740. The van der Waals surface area contributed by atoms with E-state index < -0.39 is 11.2 Å². The minimum Gasteiger partial charge on any atom is -0.211 e. The van der Waals surface area contributed by atoms with Crippen LogP contribution in [0.2, 0.25) is 0 Å². The van der Waals surface area contributed by atoms with Crippen molar-refractivity contribution in [2.45, 2.75) is 59.9 Å². The Morgan fingerprint density at radius 2 is 1.88 bits per heavy atom. The lowest BCUT2D eigenvalue weighted by atomic mass is 9.59. The van der Waals surface area contributed by atoms with E-state index in [-0.39, 0.29) is 11.4 Å². The van der Waals surface area contributed by atoms with Gasteiger partial charge in [0.25, 0.3) is 0 Å². The van der Waals surface area contributed by atoms with Crippen molar-refractivity contribution >= 4 is 5.57 Å². The Morgan fingerprint density at radius 3 is 2.33 bits per heavy atom. The SMILES string of the molecule is C=C(F)C=C1C(=C(C)F)c2c(C)ccc[n+]2C(C)(CC)C1(C)CC. The van der Waals surface area contributed by atoms with Crippen LogP contribution in [-0.4, -0.2) is 0 Å². The van der Waals surface area contributed by atoms with E-state index in [1.165, 1.54) is 13.0 Å². The maximum atomic E-state index is 14.7. The fraction of sp³-hybridized carbons (Fsp3) is 0.476. The zero-order valence-corrected chi connectivity index (χ0v) is 15.6. The number of hydrogen-bond donors (Lipinski definition) is 0. The number of halogens is 2. The third kappa shape index (κ3) is 2.45. The average Bonchev–Trinajstić information content (AvgIpc) is 2.52. The van der Waals surface area contributed by atoms with Gasteiger partial charge >= 0.3 is 0 Å². The van der Waals surface area contributed by atoms with Crippen LogP contribution in [0.15, 0.2) is 48.2 Å². The van der Waals surface area contributed by atoms with Crippen LogP contribution in [0.1, 0.15) is 58.7 Å². The molecule has 0 amide bonds. The summed E-state index contributed by atoms with van der Waals surface area (Å²) in [6, 6.07) is 3.97. The first-order valence-corrected chi connectivity index (χ1v) is 8.59. The number of pyridine rings is 1. The largest absolute Gasteiger partial charge is 0.218 e. The highest BCUT2D eigenvalue weighted by atomic mass is 19.1. The van der Waals surface area contributed by atoms with Gasteiger partial charge in [-0.3, -0.25) is 0 Å². The maximum Gasteiger partial charge on any atom is 0.218 e. The van der Waals surface area contributed by atoms with Crippen LogP contribution < -0.4 is 4.57 Å². The fourth-order valence-corrected chi connectivity index (χ4v) is 4.17. The molecule has 3 heteroatoms. The number of aryl methyl sites for hydroxylation is 1. The molecule has 0 spiro atoms. The third-order valence-corrected chi connectivity index (χ3v) is 6.06. The molecule has 1 nitrogen and oxygen atoms in total. The van der Waals surface area contributed by atoms with Crippen LogP contribution in [0.25, 0.3) is 5.57 Å². The van der Waals surface area contributed by atoms with Crippen molar-refractivity contribution in [3.05, 3.63) is 59.5 Å². The van der Waals surface area contributed by atoms with E-state index in [0.717, 1.165) is 24.1 Å². The van der Waals surface area contributed by atoms with Gasteiger partial charge in [0.2, 0.25) is 5.69 Å². The van der Waals surface area contributed by atoms with E-state index in [0.29, 0.717) is 11.1 Å². The molecule has 130 valence electrons. The molecule has 1 aromatic rings. The fourth-order valence-electron chi connectivity index (χ4n) is 4.17. The van der Waals surface area contributed by atoms with Gasteiger partial charge in [0.1, 0.15) is 11.7 Å². The van der Waals surface area contributed by atoms with Gasteiger partial charge in [-0.2, -0.15) is 4.57 Å². The maximum absolute atomic E-state index is 14.7. The summed E-state index contributed by atoms with van der Waals surface area (Å²) in [5.41, 5.74) is 2.32. The summed E-state index contributed by atoms with van der Waals surface area (Å²) in [6.07, 6.45) is 5.07. The Hall–Kier alpha value is -1.77. The number of rotatable bonds is 3. The topological polar surface area (TPSA) is 3.88 Å². The molecule has 0 bridgehead atoms. The summed E-state index contributed by atoms with van der Waals surface area (Å²) in [5.74, 6) is -0.827. The van der Waals surface area contributed by atoms with E-state index in [2.05, 4.69) is 38.8 Å². The molecule has 0 fully saturated rings. The summed E-state index contributed by atoms with van der Waals surface area (Å²) in [6.45, 7) is 15.3. The molecule has 24 heavy (non-hydrogen) atoms. The van der Waals surface area contributed by atoms with Gasteiger partial charge in [-0.05, 0) is 44.9 Å². The number of allylic oxidation sites excluding steroid dienone is 5. The first-order valence-electron chi connectivity index (χ1n) is 8.59. The summed E-state index contributed by atoms with van der Waals surface area (Å²) in [5, 5.41) is 0. The zero-order valence-electron chi connectivity index (χ0n) is 15.6. The predicted molar refractivity (Wildman–Crippen MR) is 95.7 cm³/mol. The molecule has 2 atom stereocenters. The lowest BCUT2D eigenvalue weighted by molar-refractivity contribution is -0.780. The second-order valence-electron chi connectivity index (χ2n) is 7.14. The number of aromatic nitrogens is 1. The molecular weight excluding hydrogens is 304 g/mol. The molecule has 1 aliphatic heterocycles. The van der Waals surface area contributed by atoms with Crippen molar-refractivity contribution in [3.8, 4) is 0 Å². The lowest BCUT2D eigenvalue weighted by Gasteiger charge is -2.47. The standard InChI is InChI=1S/C21H28F2N/c1-8-20(6)17(13-15(4)22)18(16(5)23)19-14(3)11-10-12-24(19)21(20,7)9-2/h10-13H,4,8-9H2,1-3,5-7H3/q+1. The molecule has 0 radical (unpaired) electrons. The third-order valence-electron chi connectivity index (χ3n) is 6.06. The molecule has 0 saturated heterocycles. The Kier molecular flexibility index (Phi) is 4.85. The van der Waals surface area contributed by atoms with Crippen LogP contribution in [0.5, 0.6) is 0 Å². The van der Waals surface area contributed by atoms with Crippen LogP contribution in [-0.2, 0) is 5.54 Å². The molecule has 0 saturated carbocycles. The molecule has 2 rings (SSSR count). The van der Waals surface area contributed by atoms with Gasteiger partial charge in [0.05, 0.1) is 11.0 Å². The first-order chi connectivity index (χ1) is 11.1. The molecular formula is C21H28F2N+. The van der Waals surface area contributed by atoms with E-state index in [4.69, 9.17) is 0 Å². The van der Waals surface area contributed by atoms with Crippen molar-refractivity contribution in [2.24, 2.45) is 5.41 Å². The molecule has 1 aliphatic rings. The molecule has 2 heterocycles. The van der Waals surface area contributed by atoms with Crippen molar-refractivity contribution in [3.63, 3.8) is 0 Å². The highest BCUT2D eigenvalue weighted by molar-refractivity contribution is 5.81. The smallest absolute Gasteiger partial charge is 0.211 e. The van der Waals surface area contributed by atoms with Gasteiger partial charge in [0.15, 0.2) is 11.7 Å². The quantitative estimate of drug-likeness (QED) is 0.602. The summed E-state index contributed by atoms with van der Waals surface area (Å²) >= 11 is 0.